The molecule has 1 amide bonds. The fraction of sp³-hybridized carbons (Fsp3) is 0.588. The molecule has 126 valence electrons. The second kappa shape index (κ2) is 7.60. The molecule has 6 heteroatoms. The first-order valence-electron chi connectivity index (χ1n) is 8.09. The number of amides is 1. The van der Waals surface area contributed by atoms with Crippen LogP contribution in [-0.2, 0) is 14.3 Å². The lowest BCUT2D eigenvalue weighted by molar-refractivity contribution is -0.145. The van der Waals surface area contributed by atoms with Crippen molar-refractivity contribution in [3.63, 3.8) is 0 Å². The molecular formula is C17H21ClFNO3. The summed E-state index contributed by atoms with van der Waals surface area (Å²) in [4.78, 5) is 14.1. The molecule has 1 aromatic rings. The number of rotatable bonds is 4. The van der Waals surface area contributed by atoms with E-state index in [4.69, 9.17) is 21.1 Å². The fourth-order valence-corrected chi connectivity index (χ4v) is 3.31. The normalized spacial score (nSPS) is 22.5. The van der Waals surface area contributed by atoms with Crippen molar-refractivity contribution in [2.45, 2.75) is 37.9 Å². The molecule has 0 aromatic heterocycles. The molecule has 0 spiro atoms. The van der Waals surface area contributed by atoms with Gasteiger partial charge in [-0.15, -0.1) is 0 Å². The van der Waals surface area contributed by atoms with Gasteiger partial charge in [-0.2, -0.15) is 0 Å². The van der Waals surface area contributed by atoms with Gasteiger partial charge in [0.25, 0.3) is 0 Å². The predicted octanol–water partition coefficient (Wildman–Crippen LogP) is 3.34. The van der Waals surface area contributed by atoms with Crippen molar-refractivity contribution in [1.82, 2.24) is 4.90 Å². The van der Waals surface area contributed by atoms with Crippen LogP contribution in [0.4, 0.5) is 4.39 Å². The lowest BCUT2D eigenvalue weighted by Gasteiger charge is -2.33. The first kappa shape index (κ1) is 16.7. The molecule has 23 heavy (non-hydrogen) atoms. The van der Waals surface area contributed by atoms with E-state index in [1.54, 1.807) is 17.0 Å². The first-order chi connectivity index (χ1) is 11.1. The molecule has 1 aliphatic carbocycles. The van der Waals surface area contributed by atoms with Gasteiger partial charge in [-0.1, -0.05) is 30.5 Å². The van der Waals surface area contributed by atoms with Crippen LogP contribution in [0, 0.1) is 5.82 Å². The van der Waals surface area contributed by atoms with Crippen LogP contribution < -0.4 is 0 Å². The Bertz CT molecular complexity index is 563. The molecule has 1 unspecified atom stereocenters. The summed E-state index contributed by atoms with van der Waals surface area (Å²) in [6, 6.07) is 4.53. The van der Waals surface area contributed by atoms with Crippen molar-refractivity contribution >= 4 is 17.5 Å². The molecule has 1 aliphatic heterocycles. The molecule has 1 heterocycles. The number of halogens is 2. The van der Waals surface area contributed by atoms with Crippen LogP contribution in [0.15, 0.2) is 18.2 Å². The highest BCUT2D eigenvalue weighted by Gasteiger charge is 2.27. The van der Waals surface area contributed by atoms with E-state index in [1.165, 1.54) is 18.9 Å². The molecule has 2 fully saturated rings. The van der Waals surface area contributed by atoms with Crippen LogP contribution in [0.2, 0.25) is 5.02 Å². The summed E-state index contributed by atoms with van der Waals surface area (Å²) in [7, 11) is 0. The molecule has 1 aromatic carbocycles. The second-order valence-corrected chi connectivity index (χ2v) is 6.50. The molecular weight excluding hydrogens is 321 g/mol. The van der Waals surface area contributed by atoms with E-state index >= 15 is 0 Å². The molecule has 0 bridgehead atoms. The zero-order valence-electron chi connectivity index (χ0n) is 13.0. The molecule has 0 N–H and O–H groups in total. The van der Waals surface area contributed by atoms with Gasteiger partial charge >= 0.3 is 0 Å². The summed E-state index contributed by atoms with van der Waals surface area (Å²) >= 11 is 5.82. The maximum absolute atomic E-state index is 13.3. The van der Waals surface area contributed by atoms with Crippen LogP contribution in [0.25, 0.3) is 0 Å². The Balaban J connectivity index is 1.56. The van der Waals surface area contributed by atoms with Gasteiger partial charge in [0.1, 0.15) is 18.5 Å². The van der Waals surface area contributed by atoms with E-state index in [0.717, 1.165) is 18.4 Å². The minimum atomic E-state index is -0.455. The monoisotopic (exact) mass is 341 g/mol. The van der Waals surface area contributed by atoms with Crippen molar-refractivity contribution < 1.29 is 18.7 Å². The summed E-state index contributed by atoms with van der Waals surface area (Å²) in [5, 5.41) is 0.0686. The van der Waals surface area contributed by atoms with Crippen molar-refractivity contribution in [3.05, 3.63) is 34.6 Å². The number of carbonyl (C=O) groups excluding carboxylic acids is 1. The predicted molar refractivity (Wildman–Crippen MR) is 84.9 cm³/mol. The third kappa shape index (κ3) is 4.22. The molecule has 1 saturated carbocycles. The number of carbonyl (C=O) groups is 1. The largest absolute Gasteiger partial charge is 0.370 e. The number of hydrogen-bond acceptors (Lipinski definition) is 3. The Morgan fingerprint density at radius 3 is 2.91 bits per heavy atom. The Kier molecular flexibility index (Phi) is 5.51. The van der Waals surface area contributed by atoms with Crippen LogP contribution >= 0.6 is 11.6 Å². The number of morpholine rings is 1. The lowest BCUT2D eigenvalue weighted by Crippen LogP contribution is -2.44. The van der Waals surface area contributed by atoms with Crippen molar-refractivity contribution in [1.29, 1.82) is 0 Å². The average molecular weight is 342 g/mol. The second-order valence-electron chi connectivity index (χ2n) is 6.09. The van der Waals surface area contributed by atoms with E-state index in [2.05, 4.69) is 0 Å². The summed E-state index contributed by atoms with van der Waals surface area (Å²) in [5.74, 6) is -0.470. The molecule has 1 saturated heterocycles. The number of nitrogens with zero attached hydrogens (tertiary/aromatic N) is 1. The average Bonchev–Trinajstić information content (AvgIpc) is 3.09. The third-order valence-electron chi connectivity index (χ3n) is 4.48. The lowest BCUT2D eigenvalue weighted by atomic mass is 10.1. The molecule has 2 aliphatic rings. The van der Waals surface area contributed by atoms with E-state index < -0.39 is 5.82 Å². The Hall–Kier alpha value is -1.17. The van der Waals surface area contributed by atoms with Gasteiger partial charge < -0.3 is 14.4 Å². The Morgan fingerprint density at radius 2 is 2.17 bits per heavy atom. The molecule has 3 rings (SSSR count). The van der Waals surface area contributed by atoms with Crippen LogP contribution in [0.5, 0.6) is 0 Å². The van der Waals surface area contributed by atoms with Crippen LogP contribution in [0.3, 0.4) is 0 Å². The van der Waals surface area contributed by atoms with Gasteiger partial charge in [-0.25, -0.2) is 4.39 Å². The maximum Gasteiger partial charge on any atom is 0.248 e. The van der Waals surface area contributed by atoms with E-state index in [-0.39, 0.29) is 29.7 Å². The number of benzene rings is 1. The van der Waals surface area contributed by atoms with Gasteiger partial charge in [-0.3, -0.25) is 4.79 Å². The highest BCUT2D eigenvalue weighted by atomic mass is 35.5. The van der Waals surface area contributed by atoms with Gasteiger partial charge in [0, 0.05) is 6.54 Å². The standard InChI is InChI=1S/C17H21ClFNO3/c18-14-9-12(5-6-15(14)19)16-10-20(7-8-22-16)17(21)11-23-13-3-1-2-4-13/h5-6,9,13,16H,1-4,7-8,10-11H2. The van der Waals surface area contributed by atoms with E-state index in [1.807, 2.05) is 0 Å². The van der Waals surface area contributed by atoms with Crippen molar-refractivity contribution in [2.75, 3.05) is 26.3 Å². The smallest absolute Gasteiger partial charge is 0.248 e. The molecule has 4 nitrogen and oxygen atoms in total. The topological polar surface area (TPSA) is 38.8 Å². The summed E-state index contributed by atoms with van der Waals surface area (Å²) < 4.78 is 24.7. The maximum atomic E-state index is 13.3. The molecule has 1 atom stereocenters. The SMILES string of the molecule is O=C(COC1CCCC1)N1CCOC(c2ccc(F)c(Cl)c2)C1. The van der Waals surface area contributed by atoms with Gasteiger partial charge in [0.15, 0.2) is 0 Å². The quantitative estimate of drug-likeness (QED) is 0.843. The number of hydrogen-bond donors (Lipinski definition) is 0. The number of ether oxygens (including phenoxy) is 2. The van der Waals surface area contributed by atoms with Crippen LogP contribution in [0.1, 0.15) is 37.4 Å². The van der Waals surface area contributed by atoms with Gasteiger partial charge in [0.2, 0.25) is 5.91 Å². The zero-order valence-corrected chi connectivity index (χ0v) is 13.7. The van der Waals surface area contributed by atoms with Crippen molar-refractivity contribution in [2.24, 2.45) is 0 Å². The van der Waals surface area contributed by atoms with Crippen molar-refractivity contribution in [3.8, 4) is 0 Å². The summed E-state index contributed by atoms with van der Waals surface area (Å²) in [6.45, 7) is 1.57. The van der Waals surface area contributed by atoms with Crippen LogP contribution in [-0.4, -0.2) is 43.2 Å². The summed E-state index contributed by atoms with van der Waals surface area (Å²) in [5.41, 5.74) is 0.783. The van der Waals surface area contributed by atoms with Gasteiger partial charge in [0.05, 0.1) is 24.3 Å². The Morgan fingerprint density at radius 1 is 1.39 bits per heavy atom. The Labute approximate surface area is 140 Å². The minimum Gasteiger partial charge on any atom is -0.370 e. The van der Waals surface area contributed by atoms with Gasteiger partial charge in [-0.05, 0) is 30.5 Å². The molecule has 0 radical (unpaired) electrons. The highest BCUT2D eigenvalue weighted by molar-refractivity contribution is 6.30. The first-order valence-corrected chi connectivity index (χ1v) is 8.47. The third-order valence-corrected chi connectivity index (χ3v) is 4.77. The minimum absolute atomic E-state index is 0.0154. The van der Waals surface area contributed by atoms with E-state index in [9.17, 15) is 9.18 Å². The highest BCUT2D eigenvalue weighted by Crippen LogP contribution is 2.26. The summed E-state index contributed by atoms with van der Waals surface area (Å²) in [6.07, 6.45) is 4.41. The van der Waals surface area contributed by atoms with E-state index in [0.29, 0.717) is 19.7 Å². The fourth-order valence-electron chi connectivity index (χ4n) is 3.13. The zero-order chi connectivity index (χ0) is 16.2.